The van der Waals surface area contributed by atoms with Crippen molar-refractivity contribution in [2.75, 3.05) is 11.5 Å². The monoisotopic (exact) mass is 301 g/mol. The number of rotatable bonds is 2. The second-order valence-electron chi connectivity index (χ2n) is 4.42. The lowest BCUT2D eigenvalue weighted by Gasteiger charge is -2.08. The van der Waals surface area contributed by atoms with E-state index >= 15 is 0 Å². The lowest BCUT2D eigenvalue weighted by atomic mass is 10.2. The molecule has 10 heteroatoms. The number of hydrogen-bond acceptors (Lipinski definition) is 7. The van der Waals surface area contributed by atoms with Gasteiger partial charge in [0.05, 0.1) is 11.5 Å². The van der Waals surface area contributed by atoms with E-state index in [2.05, 4.69) is 20.6 Å². The summed E-state index contributed by atoms with van der Waals surface area (Å²) in [6.07, 6.45) is 0.456. The number of nitrogens with one attached hydrogen (secondary N) is 1. The first kappa shape index (κ1) is 12.5. The zero-order chi connectivity index (χ0) is 13.6. The first-order chi connectivity index (χ1) is 8.94. The molecule has 1 amide bonds. The van der Waals surface area contributed by atoms with E-state index in [-0.39, 0.29) is 28.5 Å². The zero-order valence-electron chi connectivity index (χ0n) is 10.0. The van der Waals surface area contributed by atoms with E-state index < -0.39 is 9.84 Å². The molecule has 3 rings (SSSR count). The van der Waals surface area contributed by atoms with Gasteiger partial charge in [0.15, 0.2) is 15.7 Å². The Kier molecular flexibility index (Phi) is 2.78. The van der Waals surface area contributed by atoms with Gasteiger partial charge in [0.25, 0.3) is 5.91 Å². The number of nitrogens with zero attached hydrogens (tertiary/aromatic N) is 4. The average molecular weight is 301 g/mol. The maximum atomic E-state index is 12.0. The molecular weight excluding hydrogens is 290 g/mol. The minimum atomic E-state index is -3.00. The lowest BCUT2D eigenvalue weighted by molar-refractivity contribution is 0.0939. The van der Waals surface area contributed by atoms with E-state index in [1.54, 1.807) is 6.92 Å². The van der Waals surface area contributed by atoms with Gasteiger partial charge in [-0.15, -0.1) is 15.3 Å². The molecule has 3 heterocycles. The van der Waals surface area contributed by atoms with Gasteiger partial charge in [0, 0.05) is 6.04 Å². The molecule has 0 bridgehead atoms. The Morgan fingerprint density at radius 2 is 2.26 bits per heavy atom. The van der Waals surface area contributed by atoms with Gasteiger partial charge in [-0.3, -0.25) is 4.79 Å². The second-order valence-corrected chi connectivity index (χ2v) is 7.61. The minimum Gasteiger partial charge on any atom is -0.346 e. The molecule has 102 valence electrons. The van der Waals surface area contributed by atoms with E-state index in [4.69, 9.17) is 0 Å². The summed E-state index contributed by atoms with van der Waals surface area (Å²) in [5.41, 5.74) is 0. The molecule has 1 aliphatic heterocycles. The molecule has 0 aliphatic carbocycles. The van der Waals surface area contributed by atoms with Crippen LogP contribution in [0.15, 0.2) is 0 Å². The predicted molar refractivity (Wildman–Crippen MR) is 67.9 cm³/mol. The molecule has 1 atom stereocenters. The molecule has 8 nitrogen and oxygen atoms in total. The van der Waals surface area contributed by atoms with Crippen LogP contribution in [-0.4, -0.2) is 51.7 Å². The van der Waals surface area contributed by atoms with Crippen molar-refractivity contribution in [2.45, 2.75) is 19.4 Å². The van der Waals surface area contributed by atoms with E-state index in [1.807, 2.05) is 0 Å². The SMILES string of the molecule is Cc1nnc2sc(C(=O)NC3CCS(=O)(=O)C3)nn12. The van der Waals surface area contributed by atoms with Gasteiger partial charge >= 0.3 is 0 Å². The van der Waals surface area contributed by atoms with Crippen molar-refractivity contribution in [3.63, 3.8) is 0 Å². The molecule has 2 aromatic rings. The molecule has 1 fully saturated rings. The van der Waals surface area contributed by atoms with Crippen molar-refractivity contribution in [2.24, 2.45) is 0 Å². The van der Waals surface area contributed by atoms with Gasteiger partial charge in [-0.2, -0.15) is 4.52 Å². The van der Waals surface area contributed by atoms with Crippen LogP contribution in [0.2, 0.25) is 0 Å². The average Bonchev–Trinajstić information content (AvgIpc) is 2.96. The van der Waals surface area contributed by atoms with Crippen molar-refractivity contribution in [1.82, 2.24) is 25.1 Å². The van der Waals surface area contributed by atoms with Crippen LogP contribution in [0.4, 0.5) is 0 Å². The Labute approximate surface area is 112 Å². The highest BCUT2D eigenvalue weighted by Gasteiger charge is 2.30. The topological polar surface area (TPSA) is 106 Å². The van der Waals surface area contributed by atoms with Crippen molar-refractivity contribution in [3.05, 3.63) is 10.8 Å². The summed E-state index contributed by atoms with van der Waals surface area (Å²) in [5.74, 6) is 0.370. The number of aromatic nitrogens is 4. The van der Waals surface area contributed by atoms with Crippen molar-refractivity contribution >= 4 is 32.0 Å². The van der Waals surface area contributed by atoms with Crippen molar-refractivity contribution in [1.29, 1.82) is 0 Å². The molecule has 19 heavy (non-hydrogen) atoms. The smallest absolute Gasteiger partial charge is 0.282 e. The fourth-order valence-corrected chi connectivity index (χ4v) is 4.42. The standard InChI is InChI=1S/C9H11N5O3S2/c1-5-11-12-9-14(5)13-8(18-9)7(15)10-6-2-3-19(16,17)4-6/h6H,2-4H2,1H3,(H,10,15). The first-order valence-corrected chi connectivity index (χ1v) is 8.28. The van der Waals surface area contributed by atoms with Crippen LogP contribution < -0.4 is 5.32 Å². The van der Waals surface area contributed by atoms with Crippen LogP contribution in [-0.2, 0) is 9.84 Å². The summed E-state index contributed by atoms with van der Waals surface area (Å²) < 4.78 is 24.1. The third-order valence-electron chi connectivity index (χ3n) is 2.91. The Bertz CT molecular complexity index is 747. The third-order valence-corrected chi connectivity index (χ3v) is 5.57. The van der Waals surface area contributed by atoms with E-state index in [1.165, 1.54) is 4.52 Å². The van der Waals surface area contributed by atoms with Crippen LogP contribution >= 0.6 is 11.3 Å². The molecule has 0 spiro atoms. The quantitative estimate of drug-likeness (QED) is 0.794. The highest BCUT2D eigenvalue weighted by Crippen LogP contribution is 2.15. The predicted octanol–water partition coefficient (Wildman–Crippen LogP) is -0.589. The van der Waals surface area contributed by atoms with E-state index in [9.17, 15) is 13.2 Å². The number of fused-ring (bicyclic) bond motifs is 1. The highest BCUT2D eigenvalue weighted by molar-refractivity contribution is 7.91. The lowest BCUT2D eigenvalue weighted by Crippen LogP contribution is -2.35. The number of sulfone groups is 1. The number of carbonyl (C=O) groups excluding carboxylic acids is 1. The Morgan fingerprint density at radius 1 is 1.47 bits per heavy atom. The van der Waals surface area contributed by atoms with Gasteiger partial charge in [0.1, 0.15) is 0 Å². The zero-order valence-corrected chi connectivity index (χ0v) is 11.7. The maximum Gasteiger partial charge on any atom is 0.282 e. The molecule has 0 radical (unpaired) electrons. The first-order valence-electron chi connectivity index (χ1n) is 5.65. The molecule has 1 aliphatic rings. The largest absolute Gasteiger partial charge is 0.346 e. The molecule has 0 aromatic carbocycles. The summed E-state index contributed by atoms with van der Waals surface area (Å²) in [6, 6.07) is -0.326. The normalized spacial score (nSPS) is 21.8. The van der Waals surface area contributed by atoms with Crippen LogP contribution in [0.25, 0.3) is 4.96 Å². The minimum absolute atomic E-state index is 0.00182. The van der Waals surface area contributed by atoms with Gasteiger partial charge in [-0.25, -0.2) is 8.42 Å². The fourth-order valence-electron chi connectivity index (χ4n) is 1.96. The number of hydrogen-bond donors (Lipinski definition) is 1. The van der Waals surface area contributed by atoms with Gasteiger partial charge in [-0.05, 0) is 13.3 Å². The van der Waals surface area contributed by atoms with Crippen molar-refractivity contribution in [3.8, 4) is 0 Å². The molecule has 0 saturated carbocycles. The van der Waals surface area contributed by atoms with Crippen LogP contribution in [0, 0.1) is 6.92 Å². The number of aryl methyl sites for hydroxylation is 1. The Balaban J connectivity index is 1.77. The fraction of sp³-hybridized carbons (Fsp3) is 0.556. The molecule has 1 saturated heterocycles. The van der Waals surface area contributed by atoms with Gasteiger partial charge < -0.3 is 5.32 Å². The summed E-state index contributed by atoms with van der Waals surface area (Å²) in [7, 11) is -3.00. The molecule has 2 aromatic heterocycles. The van der Waals surface area contributed by atoms with E-state index in [0.717, 1.165) is 11.3 Å². The van der Waals surface area contributed by atoms with E-state index in [0.29, 0.717) is 17.2 Å². The second kappa shape index (κ2) is 4.23. The molecular formula is C9H11N5O3S2. The highest BCUT2D eigenvalue weighted by atomic mass is 32.2. The maximum absolute atomic E-state index is 12.0. The molecule has 1 unspecified atom stereocenters. The van der Waals surface area contributed by atoms with Crippen LogP contribution in [0.1, 0.15) is 22.0 Å². The van der Waals surface area contributed by atoms with Crippen molar-refractivity contribution < 1.29 is 13.2 Å². The Morgan fingerprint density at radius 3 is 2.89 bits per heavy atom. The molecule has 1 N–H and O–H groups in total. The van der Waals surface area contributed by atoms with Crippen LogP contribution in [0.5, 0.6) is 0 Å². The number of carbonyl (C=O) groups is 1. The summed E-state index contributed by atoms with van der Waals surface area (Å²) in [4.78, 5) is 12.5. The van der Waals surface area contributed by atoms with Crippen LogP contribution in [0.3, 0.4) is 0 Å². The summed E-state index contributed by atoms with van der Waals surface area (Å²) in [5, 5.41) is 14.7. The summed E-state index contributed by atoms with van der Waals surface area (Å²) in [6.45, 7) is 1.74. The van der Waals surface area contributed by atoms with Gasteiger partial charge in [0.2, 0.25) is 9.97 Å². The third kappa shape index (κ3) is 2.32. The Hall–Kier alpha value is -1.55. The number of amides is 1. The summed E-state index contributed by atoms with van der Waals surface area (Å²) >= 11 is 1.13. The van der Waals surface area contributed by atoms with Gasteiger partial charge in [-0.1, -0.05) is 11.3 Å².